The summed E-state index contributed by atoms with van der Waals surface area (Å²) in [5.41, 5.74) is 4.50. The Morgan fingerprint density at radius 3 is 2.82 bits per heavy atom. The van der Waals surface area contributed by atoms with Gasteiger partial charge in [0.15, 0.2) is 11.5 Å². The van der Waals surface area contributed by atoms with Crippen LogP contribution in [0.5, 0.6) is 0 Å². The van der Waals surface area contributed by atoms with Gasteiger partial charge in [-0.1, -0.05) is 6.92 Å². The van der Waals surface area contributed by atoms with Crippen LogP contribution in [-0.4, -0.2) is 95.4 Å². The quantitative estimate of drug-likeness (QED) is 0.376. The van der Waals surface area contributed by atoms with Gasteiger partial charge in [-0.15, -0.1) is 0 Å². The number of rotatable bonds is 7. The maximum atomic E-state index is 12.8. The van der Waals surface area contributed by atoms with E-state index in [9.17, 15) is 4.79 Å². The number of piperidine rings is 1. The van der Waals surface area contributed by atoms with Crippen molar-refractivity contribution >= 4 is 33.9 Å². The van der Waals surface area contributed by atoms with Gasteiger partial charge in [0, 0.05) is 57.2 Å². The molecule has 0 spiro atoms. The van der Waals surface area contributed by atoms with Crippen LogP contribution in [0.4, 0.5) is 10.8 Å². The number of hydrogen-bond acceptors (Lipinski definition) is 9. The molecule has 6 rings (SSSR count). The average molecular weight is 549 g/mol. The molecule has 1 amide bonds. The lowest BCUT2D eigenvalue weighted by Crippen LogP contribution is -2.48. The third-order valence-corrected chi connectivity index (χ3v) is 8.36. The number of likely N-dealkylation sites (N-methyl/N-ethyl adjacent to an activating group) is 1. The Morgan fingerprint density at radius 2 is 2.00 bits per heavy atom. The molecule has 0 radical (unpaired) electrons. The van der Waals surface area contributed by atoms with Gasteiger partial charge in [-0.2, -0.15) is 9.47 Å². The minimum absolute atomic E-state index is 0.0983. The van der Waals surface area contributed by atoms with Crippen LogP contribution in [-0.2, 0) is 17.9 Å². The summed E-state index contributed by atoms with van der Waals surface area (Å²) in [6.07, 6.45) is 10.1. The van der Waals surface area contributed by atoms with E-state index in [1.165, 1.54) is 24.4 Å². The summed E-state index contributed by atoms with van der Waals surface area (Å²) in [6.45, 7) is 11.0. The fourth-order valence-corrected chi connectivity index (χ4v) is 6.16. The van der Waals surface area contributed by atoms with Crippen molar-refractivity contribution in [2.45, 2.75) is 39.8 Å². The topological polar surface area (TPSA) is 99.7 Å². The third-order valence-electron chi connectivity index (χ3n) is 7.62. The van der Waals surface area contributed by atoms with Crippen molar-refractivity contribution in [3.8, 4) is 11.3 Å². The third kappa shape index (κ3) is 5.82. The minimum atomic E-state index is 0.0983. The highest BCUT2D eigenvalue weighted by Crippen LogP contribution is 2.28. The summed E-state index contributed by atoms with van der Waals surface area (Å²) >= 11 is 1.46. The first kappa shape index (κ1) is 25.9. The summed E-state index contributed by atoms with van der Waals surface area (Å²) in [5, 5.41) is 8.88. The highest BCUT2D eigenvalue weighted by atomic mass is 32.1. The lowest BCUT2D eigenvalue weighted by atomic mass is 10.0. The van der Waals surface area contributed by atoms with Crippen LogP contribution in [0.15, 0.2) is 30.9 Å². The van der Waals surface area contributed by atoms with Gasteiger partial charge in [-0.05, 0) is 56.9 Å². The lowest BCUT2D eigenvalue weighted by molar-refractivity contribution is -0.133. The fourth-order valence-electron chi connectivity index (χ4n) is 5.50. The average Bonchev–Trinajstić information content (AvgIpc) is 3.65. The molecule has 4 aromatic heterocycles. The van der Waals surface area contributed by atoms with Gasteiger partial charge in [0.05, 0.1) is 29.5 Å². The van der Waals surface area contributed by atoms with Crippen LogP contribution in [0, 0.1) is 12.8 Å². The van der Waals surface area contributed by atoms with Crippen molar-refractivity contribution in [3.05, 3.63) is 42.2 Å². The Labute approximate surface area is 232 Å². The number of aromatic nitrogens is 6. The molecule has 2 aliphatic heterocycles. The highest BCUT2D eigenvalue weighted by molar-refractivity contribution is 7.10. The molecule has 0 aromatic carbocycles. The predicted molar refractivity (Wildman–Crippen MR) is 152 cm³/mol. The van der Waals surface area contributed by atoms with E-state index in [-0.39, 0.29) is 12.5 Å². The van der Waals surface area contributed by atoms with E-state index in [4.69, 9.17) is 4.98 Å². The zero-order chi connectivity index (χ0) is 26.9. The number of imidazole rings is 1. The Hall–Kier alpha value is -3.35. The predicted octanol–water partition coefficient (Wildman–Crippen LogP) is 3.11. The Balaban J connectivity index is 1.17. The molecule has 11 nitrogen and oxygen atoms in total. The summed E-state index contributed by atoms with van der Waals surface area (Å²) in [4.78, 5) is 28.9. The minimum Gasteiger partial charge on any atom is -0.339 e. The van der Waals surface area contributed by atoms with Gasteiger partial charge in [0.2, 0.25) is 5.91 Å². The highest BCUT2D eigenvalue weighted by Gasteiger charge is 2.21. The summed E-state index contributed by atoms with van der Waals surface area (Å²) in [6, 6.07) is 2.12. The van der Waals surface area contributed by atoms with Gasteiger partial charge >= 0.3 is 0 Å². The molecule has 1 unspecified atom stereocenters. The Kier molecular flexibility index (Phi) is 7.32. The first-order chi connectivity index (χ1) is 18.9. The number of carbonyl (C=O) groups is 1. The standard InChI is InChI=1S/C27H36N10OS/c1-19-5-4-6-34(14-19)17-22-11-24(39-32-22)31-26-27-28-13-23(37(27)15-20(2)30-26)21-12-29-36(16-21)18-25(38)35-9-7-33(3)8-10-35/h11-13,15-16,19H,4-10,14,17-18H2,1-3H3,(H,30,31). The first-order valence-electron chi connectivity index (χ1n) is 13.7. The molecule has 0 saturated carbocycles. The molecular weight excluding hydrogens is 512 g/mol. The number of likely N-dealkylation sites (tertiary alicyclic amines) is 1. The molecule has 1 atom stereocenters. The summed E-state index contributed by atoms with van der Waals surface area (Å²) in [5.74, 6) is 1.54. The van der Waals surface area contributed by atoms with Gasteiger partial charge in [0.25, 0.3) is 0 Å². The molecule has 0 bridgehead atoms. The number of amides is 1. The van der Waals surface area contributed by atoms with Crippen molar-refractivity contribution < 1.29 is 4.79 Å². The van der Waals surface area contributed by atoms with Gasteiger partial charge in [-0.3, -0.25) is 18.8 Å². The number of hydrogen-bond donors (Lipinski definition) is 1. The molecule has 2 saturated heterocycles. The number of aryl methyl sites for hydroxylation is 1. The number of nitrogens with one attached hydrogen (secondary N) is 1. The van der Waals surface area contributed by atoms with E-state index in [2.05, 4.69) is 49.6 Å². The van der Waals surface area contributed by atoms with E-state index in [0.717, 1.165) is 85.0 Å². The molecular formula is C27H36N10OS. The summed E-state index contributed by atoms with van der Waals surface area (Å²) in [7, 11) is 2.08. The Bertz CT molecular complexity index is 1450. The molecule has 12 heteroatoms. The molecule has 39 heavy (non-hydrogen) atoms. The molecule has 0 aliphatic carbocycles. The second-order valence-corrected chi connectivity index (χ2v) is 11.8. The zero-order valence-corrected chi connectivity index (χ0v) is 23.7. The lowest BCUT2D eigenvalue weighted by Gasteiger charge is -2.32. The molecule has 2 fully saturated rings. The monoisotopic (exact) mass is 548 g/mol. The number of piperazine rings is 1. The number of fused-ring (bicyclic) bond motifs is 1. The number of carbonyl (C=O) groups excluding carboxylic acids is 1. The normalized spacial score (nSPS) is 19.2. The maximum Gasteiger partial charge on any atom is 0.244 e. The van der Waals surface area contributed by atoms with Crippen LogP contribution >= 0.6 is 11.5 Å². The van der Waals surface area contributed by atoms with Gasteiger partial charge < -0.3 is 15.1 Å². The number of anilines is 2. The van der Waals surface area contributed by atoms with E-state index >= 15 is 0 Å². The van der Waals surface area contributed by atoms with Crippen LogP contribution in [0.1, 0.15) is 31.2 Å². The van der Waals surface area contributed by atoms with Crippen molar-refractivity contribution in [2.24, 2.45) is 5.92 Å². The second kappa shape index (κ2) is 11.0. The van der Waals surface area contributed by atoms with Gasteiger partial charge in [0.1, 0.15) is 11.5 Å². The van der Waals surface area contributed by atoms with Gasteiger partial charge in [-0.25, -0.2) is 9.97 Å². The van der Waals surface area contributed by atoms with E-state index < -0.39 is 0 Å². The Morgan fingerprint density at radius 1 is 1.15 bits per heavy atom. The fraction of sp³-hybridized carbons (Fsp3) is 0.519. The van der Waals surface area contributed by atoms with Crippen molar-refractivity contribution in [1.82, 2.24) is 43.2 Å². The largest absolute Gasteiger partial charge is 0.339 e. The smallest absolute Gasteiger partial charge is 0.244 e. The van der Waals surface area contributed by atoms with Crippen LogP contribution in [0.25, 0.3) is 16.9 Å². The van der Waals surface area contributed by atoms with E-state index in [1.807, 2.05) is 34.8 Å². The molecule has 6 heterocycles. The van der Waals surface area contributed by atoms with Crippen molar-refractivity contribution in [1.29, 1.82) is 0 Å². The number of nitrogens with zero attached hydrogens (tertiary/aromatic N) is 9. The van der Waals surface area contributed by atoms with E-state index in [0.29, 0.717) is 5.82 Å². The molecule has 206 valence electrons. The van der Waals surface area contributed by atoms with Crippen molar-refractivity contribution in [2.75, 3.05) is 51.6 Å². The second-order valence-electron chi connectivity index (χ2n) is 11.0. The molecule has 2 aliphatic rings. The zero-order valence-electron chi connectivity index (χ0n) is 22.9. The van der Waals surface area contributed by atoms with Crippen LogP contribution in [0.3, 0.4) is 0 Å². The maximum absolute atomic E-state index is 12.8. The molecule has 4 aromatic rings. The summed E-state index contributed by atoms with van der Waals surface area (Å²) < 4.78 is 8.43. The van der Waals surface area contributed by atoms with Crippen LogP contribution < -0.4 is 5.32 Å². The molecule has 1 N–H and O–H groups in total. The SMILES string of the molecule is Cc1cn2c(-c3cnn(CC(=O)N4CCN(C)CC4)c3)cnc2c(Nc2cc(CN3CCCC(C)C3)ns2)n1. The first-order valence-corrected chi connectivity index (χ1v) is 14.5. The van der Waals surface area contributed by atoms with Crippen LogP contribution in [0.2, 0.25) is 0 Å². The van der Waals surface area contributed by atoms with E-state index in [1.54, 1.807) is 10.9 Å². The van der Waals surface area contributed by atoms with Crippen molar-refractivity contribution in [3.63, 3.8) is 0 Å².